The summed E-state index contributed by atoms with van der Waals surface area (Å²) in [6.07, 6.45) is 7.66. The van der Waals surface area contributed by atoms with Crippen LogP contribution >= 0.6 is 34.8 Å². The van der Waals surface area contributed by atoms with Crippen LogP contribution in [0, 0.1) is 0 Å². The number of methoxy groups -OCH3 is 1. The summed E-state index contributed by atoms with van der Waals surface area (Å²) >= 11 is 18.0. The average Bonchev–Trinajstić information content (AvgIpc) is 2.60. The molecule has 0 aliphatic carbocycles. The van der Waals surface area contributed by atoms with E-state index in [1.807, 2.05) is 0 Å². The summed E-state index contributed by atoms with van der Waals surface area (Å²) in [6.45, 7) is 2.20. The minimum atomic E-state index is -1.67. The topological polar surface area (TPSA) is 50.4 Å². The molecule has 1 atom stereocenters. The van der Waals surface area contributed by atoms with Crippen LogP contribution in [0.2, 0.25) is 0 Å². The molecular weight excluding hydrogens is 395 g/mol. The van der Waals surface area contributed by atoms with E-state index in [-0.39, 0.29) is 5.91 Å². The number of anilines is 1. The number of carbonyl (C=O) groups is 1. The number of benzene rings is 1. The molecule has 0 aliphatic heterocycles. The molecule has 0 aromatic heterocycles. The second-order valence-electron chi connectivity index (χ2n) is 6.29. The van der Waals surface area contributed by atoms with E-state index >= 15 is 0 Å². The second kappa shape index (κ2) is 12.5. The van der Waals surface area contributed by atoms with Gasteiger partial charge >= 0.3 is 0 Å². The van der Waals surface area contributed by atoms with Gasteiger partial charge in [-0.1, -0.05) is 80.3 Å². The molecule has 1 unspecified atom stereocenters. The molecule has 0 spiro atoms. The Bertz CT molecular complexity index is 519. The zero-order valence-electron chi connectivity index (χ0n) is 15.5. The largest absolute Gasteiger partial charge is 0.497 e. The van der Waals surface area contributed by atoms with Gasteiger partial charge in [0.1, 0.15) is 11.9 Å². The van der Waals surface area contributed by atoms with Crippen molar-refractivity contribution in [3.05, 3.63) is 24.3 Å². The Morgan fingerprint density at radius 3 is 2.15 bits per heavy atom. The van der Waals surface area contributed by atoms with Crippen LogP contribution in [0.1, 0.15) is 58.3 Å². The molecule has 0 heterocycles. The lowest BCUT2D eigenvalue weighted by molar-refractivity contribution is -0.121. The first-order valence-electron chi connectivity index (χ1n) is 9.13. The smallest absolute Gasteiger partial charge is 0.228 e. The van der Waals surface area contributed by atoms with E-state index in [2.05, 4.69) is 17.6 Å². The van der Waals surface area contributed by atoms with Gasteiger partial charge < -0.3 is 15.4 Å². The highest BCUT2D eigenvalue weighted by molar-refractivity contribution is 6.68. The Labute approximate surface area is 171 Å². The molecule has 1 amide bonds. The van der Waals surface area contributed by atoms with Gasteiger partial charge in [0.25, 0.3) is 0 Å². The van der Waals surface area contributed by atoms with Gasteiger partial charge in [0.2, 0.25) is 9.70 Å². The summed E-state index contributed by atoms with van der Waals surface area (Å²) < 4.78 is 3.45. The van der Waals surface area contributed by atoms with Gasteiger partial charge in [0, 0.05) is 12.1 Å². The third-order valence-electron chi connectivity index (χ3n) is 4.04. The number of carbonyl (C=O) groups excluding carboxylic acids is 1. The minimum absolute atomic E-state index is 0.129. The lowest BCUT2D eigenvalue weighted by Crippen LogP contribution is -2.49. The van der Waals surface area contributed by atoms with Crippen molar-refractivity contribution in [1.29, 1.82) is 0 Å². The molecule has 0 saturated heterocycles. The molecule has 0 saturated carbocycles. The van der Waals surface area contributed by atoms with E-state index in [1.54, 1.807) is 31.4 Å². The van der Waals surface area contributed by atoms with Crippen LogP contribution in [-0.4, -0.2) is 23.0 Å². The lowest BCUT2D eigenvalue weighted by atomic mass is 10.1. The van der Waals surface area contributed by atoms with Gasteiger partial charge in [0.15, 0.2) is 0 Å². The molecular formula is C19H29Cl3N2O2. The summed E-state index contributed by atoms with van der Waals surface area (Å²) in [7, 11) is 1.59. The van der Waals surface area contributed by atoms with Gasteiger partial charge in [-0.2, -0.15) is 0 Å². The van der Waals surface area contributed by atoms with E-state index in [4.69, 9.17) is 39.5 Å². The maximum Gasteiger partial charge on any atom is 0.228 e. The van der Waals surface area contributed by atoms with Crippen molar-refractivity contribution in [2.75, 3.05) is 12.4 Å². The predicted molar refractivity (Wildman–Crippen MR) is 111 cm³/mol. The highest BCUT2D eigenvalue weighted by atomic mass is 35.6. The molecule has 2 N–H and O–H groups in total. The fourth-order valence-corrected chi connectivity index (χ4v) is 2.86. The molecule has 0 bridgehead atoms. The van der Waals surface area contributed by atoms with Crippen molar-refractivity contribution in [1.82, 2.24) is 5.32 Å². The fraction of sp³-hybridized carbons (Fsp3) is 0.632. The van der Waals surface area contributed by atoms with Gasteiger partial charge in [-0.15, -0.1) is 0 Å². The summed E-state index contributed by atoms with van der Waals surface area (Å²) in [5, 5.41) is 5.81. The Kier molecular flexibility index (Phi) is 11.2. The quantitative estimate of drug-likeness (QED) is 0.244. The average molecular weight is 424 g/mol. The first-order valence-corrected chi connectivity index (χ1v) is 10.3. The molecule has 7 heteroatoms. The van der Waals surface area contributed by atoms with E-state index in [0.29, 0.717) is 6.42 Å². The van der Waals surface area contributed by atoms with Crippen molar-refractivity contribution in [2.45, 2.75) is 68.2 Å². The number of hydrogen-bond acceptors (Lipinski definition) is 3. The normalized spacial score (nSPS) is 12.5. The van der Waals surface area contributed by atoms with Gasteiger partial charge in [-0.25, -0.2) is 0 Å². The maximum atomic E-state index is 12.2. The first kappa shape index (κ1) is 23.2. The highest BCUT2D eigenvalue weighted by Crippen LogP contribution is 2.31. The van der Waals surface area contributed by atoms with Crippen molar-refractivity contribution in [3.63, 3.8) is 0 Å². The summed E-state index contributed by atoms with van der Waals surface area (Å²) in [5.41, 5.74) is 0.721. The zero-order valence-corrected chi connectivity index (χ0v) is 17.8. The van der Waals surface area contributed by atoms with Crippen LogP contribution in [0.25, 0.3) is 0 Å². The summed E-state index contributed by atoms with van der Waals surface area (Å²) in [4.78, 5) is 12.2. The van der Waals surface area contributed by atoms with Crippen molar-refractivity contribution >= 4 is 46.4 Å². The predicted octanol–water partition coefficient (Wildman–Crippen LogP) is 6.06. The molecule has 1 aromatic rings. The highest BCUT2D eigenvalue weighted by Gasteiger charge is 2.33. The Hall–Kier alpha value is -0.840. The number of unbranched alkanes of at least 4 members (excludes halogenated alkanes) is 6. The number of hydrogen-bond donors (Lipinski definition) is 2. The summed E-state index contributed by atoms with van der Waals surface area (Å²) in [6, 6.07) is 7.17. The number of nitrogens with one attached hydrogen (secondary N) is 2. The number of amides is 1. The maximum absolute atomic E-state index is 12.2. The number of alkyl halides is 3. The van der Waals surface area contributed by atoms with Crippen LogP contribution in [0.3, 0.4) is 0 Å². The third kappa shape index (κ3) is 9.75. The van der Waals surface area contributed by atoms with Gasteiger partial charge in [0.05, 0.1) is 7.11 Å². The number of rotatable bonds is 12. The van der Waals surface area contributed by atoms with E-state index < -0.39 is 9.96 Å². The Morgan fingerprint density at radius 2 is 1.62 bits per heavy atom. The number of ether oxygens (including phenoxy) is 1. The molecule has 1 aromatic carbocycles. The van der Waals surface area contributed by atoms with Gasteiger partial charge in [-0.3, -0.25) is 4.79 Å². The fourth-order valence-electron chi connectivity index (χ4n) is 2.53. The van der Waals surface area contributed by atoms with Crippen molar-refractivity contribution in [2.24, 2.45) is 0 Å². The minimum Gasteiger partial charge on any atom is -0.497 e. The van der Waals surface area contributed by atoms with Crippen LogP contribution in [-0.2, 0) is 4.79 Å². The van der Waals surface area contributed by atoms with Crippen LogP contribution in [0.4, 0.5) is 5.69 Å². The van der Waals surface area contributed by atoms with Crippen molar-refractivity contribution in [3.8, 4) is 5.75 Å². The molecule has 148 valence electrons. The number of halogens is 3. The monoisotopic (exact) mass is 422 g/mol. The summed E-state index contributed by atoms with van der Waals surface area (Å²) in [5.74, 6) is 0.597. The Balaban J connectivity index is 2.42. The molecule has 4 nitrogen and oxygen atoms in total. The standard InChI is InChI=1S/C19H29Cl3N2O2/c1-3-4-5-6-7-8-9-10-17(25)24-18(19(20,21)22)23-15-11-13-16(26-2)14-12-15/h11-14,18,23H,3-10H2,1-2H3,(H,24,25). The van der Waals surface area contributed by atoms with Crippen LogP contribution < -0.4 is 15.4 Å². The molecule has 0 fully saturated rings. The van der Waals surface area contributed by atoms with E-state index in [9.17, 15) is 4.79 Å². The molecule has 1 rings (SSSR count). The second-order valence-corrected chi connectivity index (χ2v) is 8.66. The molecule has 0 aliphatic rings. The molecule has 0 radical (unpaired) electrons. The Morgan fingerprint density at radius 1 is 1.04 bits per heavy atom. The van der Waals surface area contributed by atoms with Crippen LogP contribution in [0.15, 0.2) is 24.3 Å². The third-order valence-corrected chi connectivity index (χ3v) is 4.70. The zero-order chi connectivity index (χ0) is 19.4. The van der Waals surface area contributed by atoms with Crippen LogP contribution in [0.5, 0.6) is 5.75 Å². The first-order chi connectivity index (χ1) is 12.4. The van der Waals surface area contributed by atoms with E-state index in [0.717, 1.165) is 30.7 Å². The SMILES string of the molecule is CCCCCCCCCC(=O)NC(Nc1ccc(OC)cc1)C(Cl)(Cl)Cl. The van der Waals surface area contributed by atoms with Gasteiger partial charge in [-0.05, 0) is 30.7 Å². The van der Waals surface area contributed by atoms with E-state index in [1.165, 1.54) is 25.7 Å². The lowest BCUT2D eigenvalue weighted by Gasteiger charge is -2.27. The van der Waals surface area contributed by atoms with Crippen molar-refractivity contribution < 1.29 is 9.53 Å². The molecule has 26 heavy (non-hydrogen) atoms.